The number of nitrogens with one attached hydrogen (secondary N) is 1. The van der Waals surface area contributed by atoms with Crippen LogP contribution in [0.5, 0.6) is 0 Å². The largest absolute Gasteiger partial charge is 0.379 e. The molecule has 1 aromatic carbocycles. The van der Waals surface area contributed by atoms with Crippen molar-refractivity contribution in [2.24, 2.45) is 0 Å². The Hall–Kier alpha value is -1.81. The summed E-state index contributed by atoms with van der Waals surface area (Å²) < 4.78 is 7.60. The summed E-state index contributed by atoms with van der Waals surface area (Å²) in [6.07, 6.45) is 7.03. The summed E-state index contributed by atoms with van der Waals surface area (Å²) >= 11 is 6.12. The van der Waals surface area contributed by atoms with E-state index in [1.807, 2.05) is 4.57 Å². The summed E-state index contributed by atoms with van der Waals surface area (Å²) in [6, 6.07) is 6.32. The smallest absolute Gasteiger partial charge is 0.326 e. The molecule has 1 saturated carbocycles. The average Bonchev–Trinajstić information content (AvgIpc) is 3.02. The third kappa shape index (κ3) is 3.71. The second-order valence-electron chi connectivity index (χ2n) is 7.91. The van der Waals surface area contributed by atoms with E-state index in [-0.39, 0.29) is 11.7 Å². The van der Waals surface area contributed by atoms with Gasteiger partial charge in [0.25, 0.3) is 0 Å². The van der Waals surface area contributed by atoms with Crippen LogP contribution in [0, 0.1) is 11.3 Å². The molecule has 6 nitrogen and oxygen atoms in total. The van der Waals surface area contributed by atoms with Crippen molar-refractivity contribution < 1.29 is 4.74 Å². The zero-order chi connectivity index (χ0) is 19.7. The lowest BCUT2D eigenvalue weighted by Gasteiger charge is -2.40. The number of nitrogens with zero attached hydrogens (tertiary/aromatic N) is 3. The molecule has 0 amide bonds. The number of hydrogen-bond donors (Lipinski definition) is 1. The Kier molecular flexibility index (Phi) is 5.77. The van der Waals surface area contributed by atoms with Crippen molar-refractivity contribution in [2.75, 3.05) is 19.7 Å². The van der Waals surface area contributed by atoms with Crippen LogP contribution in [0.25, 0.3) is 11.0 Å². The summed E-state index contributed by atoms with van der Waals surface area (Å²) in [6.45, 7) is 4.88. The molecule has 150 valence electrons. The first-order valence-corrected chi connectivity index (χ1v) is 10.7. The van der Waals surface area contributed by atoms with Gasteiger partial charge in [0.15, 0.2) is 0 Å². The minimum atomic E-state index is -0.114. The Labute approximate surface area is 170 Å². The average molecular weight is 403 g/mol. The van der Waals surface area contributed by atoms with Crippen molar-refractivity contribution in [3.05, 3.63) is 33.2 Å². The van der Waals surface area contributed by atoms with Gasteiger partial charge in [-0.05, 0) is 57.6 Å². The number of imidazole rings is 1. The highest BCUT2D eigenvalue weighted by Crippen LogP contribution is 2.31. The van der Waals surface area contributed by atoms with E-state index in [1.54, 1.807) is 12.1 Å². The first-order chi connectivity index (χ1) is 13.6. The SMILES string of the molecule is CCO[C@H]1CC[C@H](N2CCC(n3c(=O)[nH]c4cc(Cl)c(C#N)cc43)CC2)CC1. The molecule has 2 aromatic rings. The first-order valence-electron chi connectivity index (χ1n) is 10.3. The number of benzene rings is 1. The van der Waals surface area contributed by atoms with E-state index in [9.17, 15) is 10.1 Å². The molecule has 2 fully saturated rings. The van der Waals surface area contributed by atoms with E-state index < -0.39 is 0 Å². The predicted molar refractivity (Wildman–Crippen MR) is 110 cm³/mol. The van der Waals surface area contributed by atoms with Crippen LogP contribution in [0.4, 0.5) is 0 Å². The van der Waals surface area contributed by atoms with Crippen LogP contribution in [-0.4, -0.2) is 46.3 Å². The lowest BCUT2D eigenvalue weighted by atomic mass is 9.90. The number of aromatic nitrogens is 2. The number of aromatic amines is 1. The fourth-order valence-corrected chi connectivity index (χ4v) is 5.12. The van der Waals surface area contributed by atoms with Gasteiger partial charge in [0.1, 0.15) is 6.07 Å². The summed E-state index contributed by atoms with van der Waals surface area (Å²) in [4.78, 5) is 18.1. The fourth-order valence-electron chi connectivity index (χ4n) is 4.92. The predicted octanol–water partition coefficient (Wildman–Crippen LogP) is 3.84. The van der Waals surface area contributed by atoms with Crippen molar-refractivity contribution >= 4 is 22.6 Å². The van der Waals surface area contributed by atoms with Crippen molar-refractivity contribution in [1.29, 1.82) is 5.26 Å². The van der Waals surface area contributed by atoms with Gasteiger partial charge in [0.05, 0.1) is 27.7 Å². The van der Waals surface area contributed by atoms with Gasteiger partial charge in [-0.1, -0.05) is 11.6 Å². The lowest BCUT2D eigenvalue weighted by Crippen LogP contribution is -2.45. The number of rotatable bonds is 4. The maximum absolute atomic E-state index is 12.6. The Bertz CT molecular complexity index is 928. The number of halogens is 1. The zero-order valence-corrected chi connectivity index (χ0v) is 17.0. The van der Waals surface area contributed by atoms with Gasteiger partial charge in [0.2, 0.25) is 0 Å². The van der Waals surface area contributed by atoms with E-state index in [4.69, 9.17) is 16.3 Å². The van der Waals surface area contributed by atoms with Crippen molar-refractivity contribution in [3.8, 4) is 6.07 Å². The number of fused-ring (bicyclic) bond motifs is 1. The summed E-state index contributed by atoms with van der Waals surface area (Å²) in [5.41, 5.74) is 1.77. The molecule has 7 heteroatoms. The molecule has 0 bridgehead atoms. The summed E-state index contributed by atoms with van der Waals surface area (Å²) in [7, 11) is 0. The molecule has 1 saturated heterocycles. The molecular weight excluding hydrogens is 376 g/mol. The number of nitriles is 1. The van der Waals surface area contributed by atoms with Crippen molar-refractivity contribution in [2.45, 2.75) is 63.6 Å². The Morgan fingerprint density at radius 2 is 1.89 bits per heavy atom. The van der Waals surface area contributed by atoms with Crippen molar-refractivity contribution in [1.82, 2.24) is 14.5 Å². The van der Waals surface area contributed by atoms with Gasteiger partial charge >= 0.3 is 5.69 Å². The van der Waals surface area contributed by atoms with Crippen LogP contribution in [0.15, 0.2) is 16.9 Å². The molecule has 1 aliphatic carbocycles. The molecule has 1 N–H and O–H groups in total. The molecule has 0 unspecified atom stereocenters. The van der Waals surface area contributed by atoms with E-state index in [0.717, 1.165) is 50.9 Å². The van der Waals surface area contributed by atoms with Crippen LogP contribution >= 0.6 is 11.6 Å². The van der Waals surface area contributed by atoms with Gasteiger partial charge in [-0.25, -0.2) is 4.79 Å². The third-order valence-electron chi connectivity index (χ3n) is 6.35. The summed E-state index contributed by atoms with van der Waals surface area (Å²) in [5, 5.41) is 9.65. The van der Waals surface area contributed by atoms with Gasteiger partial charge in [0, 0.05) is 31.8 Å². The van der Waals surface area contributed by atoms with Crippen LogP contribution in [0.1, 0.15) is 57.1 Å². The van der Waals surface area contributed by atoms with Gasteiger partial charge in [-0.3, -0.25) is 4.57 Å². The molecule has 1 aliphatic heterocycles. The van der Waals surface area contributed by atoms with Gasteiger partial charge in [-0.2, -0.15) is 5.26 Å². The summed E-state index contributed by atoms with van der Waals surface area (Å²) in [5.74, 6) is 0. The highest BCUT2D eigenvalue weighted by atomic mass is 35.5. The number of ether oxygens (including phenoxy) is 1. The fraction of sp³-hybridized carbons (Fsp3) is 0.619. The topological polar surface area (TPSA) is 74.0 Å². The Morgan fingerprint density at radius 3 is 2.54 bits per heavy atom. The highest BCUT2D eigenvalue weighted by Gasteiger charge is 2.30. The van der Waals surface area contributed by atoms with E-state index in [1.165, 1.54) is 12.8 Å². The van der Waals surface area contributed by atoms with E-state index in [2.05, 4.69) is 22.9 Å². The standard InChI is InChI=1S/C21H27ClN4O2/c1-2-28-17-5-3-15(4-6-17)25-9-7-16(8-10-25)26-20-11-14(13-23)18(22)12-19(20)24-21(26)27/h11-12,15-17H,2-10H2,1H3,(H,24,27)/t15-,17-. The first kappa shape index (κ1) is 19.5. The molecule has 0 atom stereocenters. The monoisotopic (exact) mass is 402 g/mol. The van der Waals surface area contributed by atoms with E-state index in [0.29, 0.717) is 28.2 Å². The van der Waals surface area contributed by atoms with Crippen LogP contribution in [-0.2, 0) is 4.74 Å². The van der Waals surface area contributed by atoms with Gasteiger partial charge < -0.3 is 14.6 Å². The molecular formula is C21H27ClN4O2. The number of likely N-dealkylation sites (tertiary alicyclic amines) is 1. The Balaban J connectivity index is 1.45. The second-order valence-corrected chi connectivity index (χ2v) is 8.32. The molecule has 2 aliphatic rings. The Morgan fingerprint density at radius 1 is 1.18 bits per heavy atom. The molecule has 4 rings (SSSR count). The molecule has 0 radical (unpaired) electrons. The molecule has 2 heterocycles. The van der Waals surface area contributed by atoms with Crippen molar-refractivity contribution in [3.63, 3.8) is 0 Å². The highest BCUT2D eigenvalue weighted by molar-refractivity contribution is 6.32. The van der Waals surface area contributed by atoms with E-state index >= 15 is 0 Å². The molecule has 1 aromatic heterocycles. The maximum atomic E-state index is 12.6. The van der Waals surface area contributed by atoms with Gasteiger partial charge in [-0.15, -0.1) is 0 Å². The lowest BCUT2D eigenvalue weighted by molar-refractivity contribution is 0.00796. The minimum Gasteiger partial charge on any atom is -0.379 e. The normalized spacial score (nSPS) is 24.5. The zero-order valence-electron chi connectivity index (χ0n) is 16.3. The van der Waals surface area contributed by atoms with Crippen LogP contribution < -0.4 is 5.69 Å². The number of H-pyrrole nitrogens is 1. The van der Waals surface area contributed by atoms with Crippen LogP contribution in [0.3, 0.4) is 0 Å². The quantitative estimate of drug-likeness (QED) is 0.843. The minimum absolute atomic E-state index is 0.114. The molecule has 28 heavy (non-hydrogen) atoms. The van der Waals surface area contributed by atoms with Crippen LogP contribution in [0.2, 0.25) is 5.02 Å². The second kappa shape index (κ2) is 8.28. The maximum Gasteiger partial charge on any atom is 0.326 e. The molecule has 0 spiro atoms. The number of hydrogen-bond acceptors (Lipinski definition) is 4. The third-order valence-corrected chi connectivity index (χ3v) is 6.67. The number of piperidine rings is 1.